The molecule has 0 bridgehead atoms. The van der Waals surface area contributed by atoms with Crippen LogP contribution < -0.4 is 11.1 Å². The van der Waals surface area contributed by atoms with Crippen molar-refractivity contribution in [1.29, 1.82) is 0 Å². The van der Waals surface area contributed by atoms with E-state index >= 15 is 0 Å². The van der Waals surface area contributed by atoms with Gasteiger partial charge >= 0.3 is 6.09 Å². The molecule has 1 fully saturated rings. The predicted octanol–water partition coefficient (Wildman–Crippen LogP) is 2.25. The molecule has 1 aliphatic rings. The highest BCUT2D eigenvalue weighted by Gasteiger charge is 2.25. The molecule has 7 nitrogen and oxygen atoms in total. The SMILES string of the molecule is CC(C)(C)NC(N)=NCCCN1CCN(C(=O)OC(C)(C)C)CC1.I. The van der Waals surface area contributed by atoms with E-state index in [4.69, 9.17) is 10.5 Å². The molecule has 0 spiro atoms. The van der Waals surface area contributed by atoms with Crippen LogP contribution in [0.4, 0.5) is 4.79 Å². The number of nitrogens with two attached hydrogens (primary N) is 1. The lowest BCUT2D eigenvalue weighted by Gasteiger charge is -2.35. The molecule has 1 aliphatic heterocycles. The molecule has 0 unspecified atom stereocenters. The van der Waals surface area contributed by atoms with Crippen molar-refractivity contribution in [2.45, 2.75) is 59.1 Å². The zero-order valence-electron chi connectivity index (χ0n) is 16.6. The van der Waals surface area contributed by atoms with Crippen LogP contribution in [0, 0.1) is 0 Å². The van der Waals surface area contributed by atoms with Crippen LogP contribution in [0.3, 0.4) is 0 Å². The van der Waals surface area contributed by atoms with Crippen molar-refractivity contribution in [3.8, 4) is 0 Å². The maximum absolute atomic E-state index is 12.0. The molecule has 0 aromatic rings. The number of nitrogens with one attached hydrogen (secondary N) is 1. The summed E-state index contributed by atoms with van der Waals surface area (Å²) >= 11 is 0. The van der Waals surface area contributed by atoms with Gasteiger partial charge < -0.3 is 20.7 Å². The van der Waals surface area contributed by atoms with Gasteiger partial charge in [0.25, 0.3) is 0 Å². The average Bonchev–Trinajstić information content (AvgIpc) is 2.40. The monoisotopic (exact) mass is 469 g/mol. The summed E-state index contributed by atoms with van der Waals surface area (Å²) in [5, 5.41) is 3.15. The summed E-state index contributed by atoms with van der Waals surface area (Å²) in [5.74, 6) is 0.497. The van der Waals surface area contributed by atoms with Gasteiger partial charge in [0.1, 0.15) is 5.60 Å². The largest absolute Gasteiger partial charge is 0.444 e. The molecular formula is C17H36IN5O2. The van der Waals surface area contributed by atoms with E-state index in [-0.39, 0.29) is 35.6 Å². The van der Waals surface area contributed by atoms with Gasteiger partial charge in [0, 0.05) is 44.8 Å². The van der Waals surface area contributed by atoms with Gasteiger partial charge in [-0.25, -0.2) is 4.79 Å². The van der Waals surface area contributed by atoms with Crippen molar-refractivity contribution in [3.05, 3.63) is 0 Å². The molecular weight excluding hydrogens is 433 g/mol. The first kappa shape index (κ1) is 24.2. The number of rotatable bonds is 4. The minimum atomic E-state index is -0.437. The zero-order chi connectivity index (χ0) is 18.4. The van der Waals surface area contributed by atoms with Crippen molar-refractivity contribution in [1.82, 2.24) is 15.1 Å². The number of halogens is 1. The number of ether oxygens (including phenoxy) is 1. The van der Waals surface area contributed by atoms with E-state index in [0.717, 1.165) is 26.1 Å². The Kier molecular flexibility index (Phi) is 10.1. The number of aliphatic imine (C=N–C) groups is 1. The summed E-state index contributed by atoms with van der Waals surface area (Å²) in [6.07, 6.45) is 0.742. The number of carbonyl (C=O) groups is 1. The third-order valence-corrected chi connectivity index (χ3v) is 3.44. The fourth-order valence-electron chi connectivity index (χ4n) is 2.40. The van der Waals surface area contributed by atoms with Gasteiger partial charge in [-0.05, 0) is 48.0 Å². The van der Waals surface area contributed by atoms with Gasteiger partial charge in [-0.2, -0.15) is 0 Å². The molecule has 0 aromatic heterocycles. The van der Waals surface area contributed by atoms with Crippen LogP contribution >= 0.6 is 24.0 Å². The van der Waals surface area contributed by atoms with Crippen LogP contribution in [0.5, 0.6) is 0 Å². The van der Waals surface area contributed by atoms with Crippen LogP contribution in [0.25, 0.3) is 0 Å². The Morgan fingerprint density at radius 1 is 1.12 bits per heavy atom. The first-order valence-electron chi connectivity index (χ1n) is 8.75. The number of hydrogen-bond donors (Lipinski definition) is 2. The van der Waals surface area contributed by atoms with Crippen LogP contribution in [0.2, 0.25) is 0 Å². The molecule has 0 aromatic carbocycles. The van der Waals surface area contributed by atoms with Gasteiger partial charge in [0.15, 0.2) is 5.96 Å². The van der Waals surface area contributed by atoms with Gasteiger partial charge in [-0.15, -0.1) is 24.0 Å². The van der Waals surface area contributed by atoms with Crippen molar-refractivity contribution in [2.75, 3.05) is 39.3 Å². The molecule has 0 radical (unpaired) electrons. The van der Waals surface area contributed by atoms with E-state index in [1.54, 1.807) is 4.90 Å². The topological polar surface area (TPSA) is 83.2 Å². The molecule has 8 heteroatoms. The van der Waals surface area contributed by atoms with Crippen LogP contribution in [0.1, 0.15) is 48.0 Å². The fourth-order valence-corrected chi connectivity index (χ4v) is 2.40. The molecule has 1 saturated heterocycles. The highest BCUT2D eigenvalue weighted by molar-refractivity contribution is 14.0. The highest BCUT2D eigenvalue weighted by Crippen LogP contribution is 2.12. The second-order valence-electron chi connectivity index (χ2n) is 8.30. The van der Waals surface area contributed by atoms with Gasteiger partial charge in [-0.3, -0.25) is 9.89 Å². The third kappa shape index (κ3) is 11.5. The Hall–Kier alpha value is -0.770. The molecule has 3 N–H and O–H groups in total. The molecule has 1 heterocycles. The Bertz CT molecular complexity index is 435. The van der Waals surface area contributed by atoms with Gasteiger partial charge in [0.05, 0.1) is 0 Å². The lowest BCUT2D eigenvalue weighted by molar-refractivity contribution is 0.0145. The molecule has 1 amide bonds. The van der Waals surface area contributed by atoms with Crippen LogP contribution in [0.15, 0.2) is 4.99 Å². The molecule has 1 rings (SSSR count). The zero-order valence-corrected chi connectivity index (χ0v) is 18.9. The summed E-state index contributed by atoms with van der Waals surface area (Å²) in [5.41, 5.74) is 5.35. The lowest BCUT2D eigenvalue weighted by atomic mass is 10.1. The fraction of sp³-hybridized carbons (Fsp3) is 0.882. The third-order valence-electron chi connectivity index (χ3n) is 3.44. The standard InChI is InChI=1S/C17H35N5O2.HI/c1-16(2,3)20-14(18)19-8-7-9-21-10-12-22(13-11-21)15(23)24-17(4,5)6;/h7-13H2,1-6H3,(H3,18,19,20);1H. The predicted molar refractivity (Wildman–Crippen MR) is 114 cm³/mol. The second-order valence-corrected chi connectivity index (χ2v) is 8.30. The van der Waals surface area contributed by atoms with Crippen LogP contribution in [-0.4, -0.2) is 72.3 Å². The summed E-state index contributed by atoms with van der Waals surface area (Å²) in [6.45, 7) is 16.7. The van der Waals surface area contributed by atoms with Crippen molar-refractivity contribution >= 4 is 36.0 Å². The Labute approximate surface area is 169 Å². The minimum absolute atomic E-state index is 0. The lowest BCUT2D eigenvalue weighted by Crippen LogP contribution is -2.50. The highest BCUT2D eigenvalue weighted by atomic mass is 127. The number of nitrogens with zero attached hydrogens (tertiary/aromatic N) is 3. The van der Waals surface area contributed by atoms with E-state index in [0.29, 0.717) is 25.6 Å². The van der Waals surface area contributed by atoms with Gasteiger partial charge in [-0.1, -0.05) is 0 Å². The summed E-state index contributed by atoms with van der Waals surface area (Å²) in [6, 6.07) is 0. The van der Waals surface area contributed by atoms with Gasteiger partial charge in [0.2, 0.25) is 0 Å². The molecule has 25 heavy (non-hydrogen) atoms. The smallest absolute Gasteiger partial charge is 0.410 e. The molecule has 0 atom stereocenters. The van der Waals surface area contributed by atoms with E-state index in [1.807, 2.05) is 20.8 Å². The Balaban J connectivity index is 0.00000576. The van der Waals surface area contributed by atoms with Crippen molar-refractivity contribution < 1.29 is 9.53 Å². The Morgan fingerprint density at radius 3 is 2.16 bits per heavy atom. The number of amides is 1. The normalized spacial score (nSPS) is 17.0. The molecule has 0 saturated carbocycles. The maximum Gasteiger partial charge on any atom is 0.410 e. The first-order chi connectivity index (χ1) is 11.0. The summed E-state index contributed by atoms with van der Waals surface area (Å²) in [4.78, 5) is 20.5. The maximum atomic E-state index is 12.0. The van der Waals surface area contributed by atoms with Crippen molar-refractivity contribution in [2.24, 2.45) is 10.7 Å². The minimum Gasteiger partial charge on any atom is -0.444 e. The van der Waals surface area contributed by atoms with E-state index in [9.17, 15) is 4.79 Å². The summed E-state index contributed by atoms with van der Waals surface area (Å²) in [7, 11) is 0. The second kappa shape index (κ2) is 10.4. The molecule has 148 valence electrons. The van der Waals surface area contributed by atoms with Crippen molar-refractivity contribution in [3.63, 3.8) is 0 Å². The number of carbonyl (C=O) groups excluding carboxylic acids is 1. The van der Waals surface area contributed by atoms with Crippen LogP contribution in [-0.2, 0) is 4.74 Å². The average molecular weight is 469 g/mol. The van der Waals surface area contributed by atoms with E-state index in [2.05, 4.69) is 36.0 Å². The first-order valence-corrected chi connectivity index (χ1v) is 8.75. The van der Waals surface area contributed by atoms with E-state index < -0.39 is 5.60 Å². The van der Waals surface area contributed by atoms with E-state index in [1.165, 1.54) is 0 Å². The molecule has 0 aliphatic carbocycles. The number of guanidine groups is 1. The number of hydrogen-bond acceptors (Lipinski definition) is 4. The summed E-state index contributed by atoms with van der Waals surface area (Å²) < 4.78 is 5.41. The number of piperazine rings is 1. The Morgan fingerprint density at radius 2 is 1.68 bits per heavy atom. The quantitative estimate of drug-likeness (QED) is 0.286.